The number of anilines is 1. The van der Waals surface area contributed by atoms with Crippen molar-refractivity contribution in [2.45, 2.75) is 6.92 Å². The maximum absolute atomic E-state index is 12.4. The molecule has 1 N–H and O–H groups in total. The lowest BCUT2D eigenvalue weighted by Gasteiger charge is -2.10. The van der Waals surface area contributed by atoms with Crippen LogP contribution < -0.4 is 5.32 Å². The first kappa shape index (κ1) is 16.2. The van der Waals surface area contributed by atoms with Crippen molar-refractivity contribution in [1.29, 1.82) is 0 Å². The predicted molar refractivity (Wildman–Crippen MR) is 99.2 cm³/mol. The van der Waals surface area contributed by atoms with Crippen LogP contribution in [0.1, 0.15) is 15.9 Å². The Morgan fingerprint density at radius 1 is 1.12 bits per heavy atom. The highest BCUT2D eigenvalue weighted by Crippen LogP contribution is 2.27. The number of rotatable bonds is 3. The van der Waals surface area contributed by atoms with E-state index in [1.807, 2.05) is 25.1 Å². The molecule has 1 amide bonds. The number of nitrogens with one attached hydrogen (secondary N) is 1. The zero-order valence-corrected chi connectivity index (χ0v) is 14.5. The van der Waals surface area contributed by atoms with Crippen LogP contribution in [0.2, 0.25) is 5.15 Å². The van der Waals surface area contributed by atoms with E-state index in [-0.39, 0.29) is 11.1 Å². The summed E-state index contributed by atoms with van der Waals surface area (Å²) in [6.45, 7) is 1.89. The maximum atomic E-state index is 12.4. The smallest absolute Gasteiger partial charge is 0.258 e. The fourth-order valence-corrected chi connectivity index (χ4v) is 2.78. The van der Waals surface area contributed by atoms with Crippen molar-refractivity contribution in [2.75, 3.05) is 5.32 Å². The van der Waals surface area contributed by atoms with E-state index in [9.17, 15) is 4.79 Å². The molecule has 0 saturated heterocycles. The van der Waals surface area contributed by atoms with E-state index in [2.05, 4.69) is 20.3 Å². The van der Waals surface area contributed by atoms with Gasteiger partial charge in [0.2, 0.25) is 5.89 Å². The summed E-state index contributed by atoms with van der Waals surface area (Å²) in [5, 5.41) is 3.01. The largest absolute Gasteiger partial charge is 0.434 e. The molecular formula is C19H13ClN4O2. The molecule has 0 unspecified atom stereocenters. The molecule has 4 aromatic rings. The number of hydrogen-bond donors (Lipinski definition) is 1. The molecule has 4 rings (SSSR count). The maximum Gasteiger partial charge on any atom is 0.258 e. The molecular weight excluding hydrogens is 352 g/mol. The number of carbonyl (C=O) groups is 1. The molecule has 26 heavy (non-hydrogen) atoms. The first-order valence-electron chi connectivity index (χ1n) is 7.86. The van der Waals surface area contributed by atoms with Crippen molar-refractivity contribution >= 4 is 34.4 Å². The van der Waals surface area contributed by atoms with Crippen molar-refractivity contribution in [1.82, 2.24) is 15.0 Å². The summed E-state index contributed by atoms with van der Waals surface area (Å²) in [4.78, 5) is 24.9. The lowest BCUT2D eigenvalue weighted by atomic mass is 10.1. The molecule has 0 radical (unpaired) electrons. The third-order valence-corrected chi connectivity index (χ3v) is 4.19. The fourth-order valence-electron chi connectivity index (χ4n) is 2.57. The summed E-state index contributed by atoms with van der Waals surface area (Å²) in [5.74, 6) is 0.167. The van der Waals surface area contributed by atoms with E-state index in [1.165, 1.54) is 6.20 Å². The number of halogens is 1. The number of amides is 1. The zero-order valence-electron chi connectivity index (χ0n) is 13.7. The predicted octanol–water partition coefficient (Wildman–Crippen LogP) is 4.50. The van der Waals surface area contributed by atoms with Gasteiger partial charge in [0, 0.05) is 23.6 Å². The van der Waals surface area contributed by atoms with Crippen LogP contribution in [-0.2, 0) is 0 Å². The minimum atomic E-state index is -0.315. The van der Waals surface area contributed by atoms with Crippen LogP contribution in [0.25, 0.3) is 22.7 Å². The number of aromatic nitrogens is 3. The quantitative estimate of drug-likeness (QED) is 0.541. The molecule has 0 saturated carbocycles. The van der Waals surface area contributed by atoms with Gasteiger partial charge in [-0.3, -0.25) is 4.79 Å². The van der Waals surface area contributed by atoms with Gasteiger partial charge < -0.3 is 9.73 Å². The molecule has 3 aromatic heterocycles. The second-order valence-corrected chi connectivity index (χ2v) is 6.03. The van der Waals surface area contributed by atoms with Crippen molar-refractivity contribution < 1.29 is 9.21 Å². The molecule has 1 aromatic carbocycles. The van der Waals surface area contributed by atoms with Gasteiger partial charge in [0.1, 0.15) is 5.15 Å². The molecule has 7 heteroatoms. The number of hydrogen-bond acceptors (Lipinski definition) is 5. The van der Waals surface area contributed by atoms with Crippen molar-refractivity contribution in [3.05, 3.63) is 71.1 Å². The van der Waals surface area contributed by atoms with E-state index < -0.39 is 0 Å². The number of benzene rings is 1. The average Bonchev–Trinajstić information content (AvgIpc) is 3.08. The van der Waals surface area contributed by atoms with Gasteiger partial charge in [0.25, 0.3) is 5.91 Å². The van der Waals surface area contributed by atoms with E-state index in [4.69, 9.17) is 16.0 Å². The molecule has 0 bridgehead atoms. The highest BCUT2D eigenvalue weighted by Gasteiger charge is 2.14. The third kappa shape index (κ3) is 3.02. The summed E-state index contributed by atoms with van der Waals surface area (Å²) in [6.07, 6.45) is 3.20. The Morgan fingerprint density at radius 2 is 1.92 bits per heavy atom. The SMILES string of the molecule is Cc1cc(-c2nc3ncccc3o2)ccc1NC(=O)c1cccnc1Cl. The van der Waals surface area contributed by atoms with Crippen molar-refractivity contribution in [2.24, 2.45) is 0 Å². The summed E-state index contributed by atoms with van der Waals surface area (Å²) in [5.41, 5.74) is 3.85. The highest BCUT2D eigenvalue weighted by atomic mass is 35.5. The number of fused-ring (bicyclic) bond motifs is 1. The summed E-state index contributed by atoms with van der Waals surface area (Å²) >= 11 is 5.97. The standard InChI is InChI=1S/C19H13ClN4O2/c1-11-10-12(19-24-17-15(26-19)5-3-9-22-17)6-7-14(11)23-18(25)13-4-2-8-21-16(13)20/h2-10H,1H3,(H,23,25). The molecule has 0 aliphatic rings. The second kappa shape index (κ2) is 6.57. The van der Waals surface area contributed by atoms with Gasteiger partial charge >= 0.3 is 0 Å². The Kier molecular flexibility index (Phi) is 4.10. The van der Waals surface area contributed by atoms with Gasteiger partial charge in [-0.2, -0.15) is 4.98 Å². The van der Waals surface area contributed by atoms with Gasteiger partial charge in [-0.05, 0) is 55.0 Å². The average molecular weight is 365 g/mol. The lowest BCUT2D eigenvalue weighted by molar-refractivity contribution is 0.102. The van der Waals surface area contributed by atoms with Crippen LogP contribution in [-0.4, -0.2) is 20.9 Å². The number of aryl methyl sites for hydroxylation is 1. The Labute approximate surface area is 153 Å². The van der Waals surface area contributed by atoms with E-state index in [0.29, 0.717) is 28.4 Å². The minimum Gasteiger partial charge on any atom is -0.434 e. The van der Waals surface area contributed by atoms with Gasteiger partial charge in [-0.25, -0.2) is 9.97 Å². The Morgan fingerprint density at radius 3 is 2.69 bits per heavy atom. The summed E-state index contributed by atoms with van der Waals surface area (Å²) in [7, 11) is 0. The molecule has 128 valence electrons. The Bertz CT molecular complexity index is 1090. The second-order valence-electron chi connectivity index (χ2n) is 5.67. The molecule has 0 atom stereocenters. The number of carbonyl (C=O) groups excluding carboxylic acids is 1. The topological polar surface area (TPSA) is 80.9 Å². The minimum absolute atomic E-state index is 0.165. The third-order valence-electron chi connectivity index (χ3n) is 3.89. The van der Waals surface area contributed by atoms with Gasteiger partial charge in [0.15, 0.2) is 11.2 Å². The molecule has 6 nitrogen and oxygen atoms in total. The molecule has 3 heterocycles. The van der Waals surface area contributed by atoms with E-state index in [1.54, 1.807) is 30.5 Å². The monoisotopic (exact) mass is 364 g/mol. The van der Waals surface area contributed by atoms with Crippen LogP contribution in [0.3, 0.4) is 0 Å². The zero-order chi connectivity index (χ0) is 18.1. The fraction of sp³-hybridized carbons (Fsp3) is 0.0526. The number of oxazole rings is 1. The van der Waals surface area contributed by atoms with Crippen LogP contribution in [0.15, 0.2) is 59.3 Å². The first-order chi connectivity index (χ1) is 12.6. The van der Waals surface area contributed by atoms with Crippen LogP contribution in [0.4, 0.5) is 5.69 Å². The van der Waals surface area contributed by atoms with Crippen LogP contribution >= 0.6 is 11.6 Å². The molecule has 0 spiro atoms. The van der Waals surface area contributed by atoms with Gasteiger partial charge in [-0.15, -0.1) is 0 Å². The first-order valence-corrected chi connectivity index (χ1v) is 8.24. The van der Waals surface area contributed by atoms with Gasteiger partial charge in [0.05, 0.1) is 5.56 Å². The highest BCUT2D eigenvalue weighted by molar-refractivity contribution is 6.33. The van der Waals surface area contributed by atoms with E-state index >= 15 is 0 Å². The Hall–Kier alpha value is -3.25. The molecule has 0 fully saturated rings. The molecule has 0 aliphatic carbocycles. The molecule has 0 aliphatic heterocycles. The number of nitrogens with zero attached hydrogens (tertiary/aromatic N) is 3. The summed E-state index contributed by atoms with van der Waals surface area (Å²) < 4.78 is 5.73. The van der Waals surface area contributed by atoms with Crippen molar-refractivity contribution in [3.63, 3.8) is 0 Å². The summed E-state index contributed by atoms with van der Waals surface area (Å²) in [6, 6.07) is 12.4. The number of pyridine rings is 2. The van der Waals surface area contributed by atoms with Crippen molar-refractivity contribution in [3.8, 4) is 11.5 Å². The van der Waals surface area contributed by atoms with Gasteiger partial charge in [-0.1, -0.05) is 11.6 Å². The van der Waals surface area contributed by atoms with Crippen LogP contribution in [0.5, 0.6) is 0 Å². The normalized spacial score (nSPS) is 10.8. The lowest BCUT2D eigenvalue weighted by Crippen LogP contribution is -2.13. The van der Waals surface area contributed by atoms with Crippen LogP contribution in [0, 0.1) is 6.92 Å². The Balaban J connectivity index is 1.62. The van der Waals surface area contributed by atoms with E-state index in [0.717, 1.165) is 11.1 Å².